The summed E-state index contributed by atoms with van der Waals surface area (Å²) in [4.78, 5) is 9.45. The van der Waals surface area contributed by atoms with E-state index < -0.39 is 0 Å². The van der Waals surface area contributed by atoms with Gasteiger partial charge < -0.3 is 19.9 Å². The van der Waals surface area contributed by atoms with E-state index in [1.807, 2.05) is 37.4 Å². The van der Waals surface area contributed by atoms with Gasteiger partial charge in [0.25, 0.3) is 0 Å². The van der Waals surface area contributed by atoms with Gasteiger partial charge >= 0.3 is 0 Å². The monoisotopic (exact) mass is 358 g/mol. The molecule has 2 heterocycles. The van der Waals surface area contributed by atoms with E-state index in [2.05, 4.69) is 27.0 Å². The molecule has 0 amide bonds. The van der Waals surface area contributed by atoms with Crippen LogP contribution in [0.2, 0.25) is 0 Å². The van der Waals surface area contributed by atoms with E-state index in [1.54, 1.807) is 0 Å². The van der Waals surface area contributed by atoms with Gasteiger partial charge in [-0.15, -0.1) is 0 Å². The number of guanidine groups is 1. The zero-order chi connectivity index (χ0) is 18.2. The Morgan fingerprint density at radius 2 is 1.85 bits per heavy atom. The average molecular weight is 359 g/mol. The maximum atomic E-state index is 6.10. The number of aliphatic imine (C=N–C) groups is 1. The van der Waals surface area contributed by atoms with Crippen LogP contribution in [0.25, 0.3) is 0 Å². The number of hydrogen-bond acceptors (Lipinski definition) is 3. The number of ether oxygens (including phenoxy) is 1. The SMILES string of the molecule is CN=C(NCC(C)CN1CCCC1)N1CCC(Oc2ccccc2)CC1. The Morgan fingerprint density at radius 3 is 2.50 bits per heavy atom. The van der Waals surface area contributed by atoms with Crippen molar-refractivity contribution in [3.05, 3.63) is 30.3 Å². The van der Waals surface area contributed by atoms with Crippen LogP contribution in [0.4, 0.5) is 0 Å². The lowest BCUT2D eigenvalue weighted by atomic mass is 10.1. The largest absolute Gasteiger partial charge is 0.490 e. The van der Waals surface area contributed by atoms with Gasteiger partial charge in [-0.2, -0.15) is 0 Å². The molecule has 5 nitrogen and oxygen atoms in total. The van der Waals surface area contributed by atoms with E-state index in [0.29, 0.717) is 12.0 Å². The van der Waals surface area contributed by atoms with Gasteiger partial charge in [0.2, 0.25) is 0 Å². The molecule has 1 N–H and O–H groups in total. The molecule has 2 aliphatic heterocycles. The Labute approximate surface area is 158 Å². The van der Waals surface area contributed by atoms with Crippen molar-refractivity contribution in [1.29, 1.82) is 0 Å². The van der Waals surface area contributed by atoms with E-state index in [-0.39, 0.29) is 0 Å². The van der Waals surface area contributed by atoms with Crippen LogP contribution in [0.5, 0.6) is 5.75 Å². The van der Waals surface area contributed by atoms with Crippen LogP contribution in [0.1, 0.15) is 32.6 Å². The third-order valence-electron chi connectivity index (χ3n) is 5.38. The van der Waals surface area contributed by atoms with Gasteiger partial charge in [-0.3, -0.25) is 4.99 Å². The van der Waals surface area contributed by atoms with E-state index in [1.165, 1.54) is 32.5 Å². The Bertz CT molecular complexity index is 548. The average Bonchev–Trinajstić information content (AvgIpc) is 3.17. The van der Waals surface area contributed by atoms with Gasteiger partial charge in [0.05, 0.1) is 0 Å². The van der Waals surface area contributed by atoms with E-state index in [0.717, 1.165) is 44.2 Å². The van der Waals surface area contributed by atoms with Crippen LogP contribution in [0.3, 0.4) is 0 Å². The van der Waals surface area contributed by atoms with Crippen molar-refractivity contribution in [3.8, 4) is 5.75 Å². The predicted octanol–water partition coefficient (Wildman–Crippen LogP) is 2.84. The number of nitrogens with zero attached hydrogens (tertiary/aromatic N) is 3. The number of para-hydroxylation sites is 1. The second-order valence-electron chi connectivity index (χ2n) is 7.66. The van der Waals surface area contributed by atoms with Crippen molar-refractivity contribution in [2.24, 2.45) is 10.9 Å². The molecule has 1 atom stereocenters. The summed E-state index contributed by atoms with van der Waals surface area (Å²) < 4.78 is 6.10. The van der Waals surface area contributed by atoms with Crippen molar-refractivity contribution < 1.29 is 4.74 Å². The summed E-state index contributed by atoms with van der Waals surface area (Å²) in [6.45, 7) is 9.05. The lowest BCUT2D eigenvalue weighted by Crippen LogP contribution is -2.48. The van der Waals surface area contributed by atoms with Crippen LogP contribution in [0, 0.1) is 5.92 Å². The molecule has 1 aromatic carbocycles. The summed E-state index contributed by atoms with van der Waals surface area (Å²) in [5.41, 5.74) is 0. The number of rotatable bonds is 6. The number of benzene rings is 1. The maximum Gasteiger partial charge on any atom is 0.193 e. The molecular weight excluding hydrogens is 324 g/mol. The molecule has 2 saturated heterocycles. The second-order valence-corrected chi connectivity index (χ2v) is 7.66. The summed E-state index contributed by atoms with van der Waals surface area (Å²) in [5.74, 6) is 2.66. The normalized spacial score (nSPS) is 21.0. The summed E-state index contributed by atoms with van der Waals surface area (Å²) in [6, 6.07) is 10.2. The first-order chi connectivity index (χ1) is 12.7. The molecule has 0 bridgehead atoms. The summed E-state index contributed by atoms with van der Waals surface area (Å²) in [7, 11) is 1.89. The van der Waals surface area contributed by atoms with Crippen molar-refractivity contribution in [2.45, 2.75) is 38.7 Å². The van der Waals surface area contributed by atoms with Gasteiger partial charge in [-0.1, -0.05) is 25.1 Å². The fraction of sp³-hybridized carbons (Fsp3) is 0.667. The Morgan fingerprint density at radius 1 is 1.15 bits per heavy atom. The van der Waals surface area contributed by atoms with Gasteiger partial charge in [0, 0.05) is 46.1 Å². The summed E-state index contributed by atoms with van der Waals surface area (Å²) in [5, 5.41) is 3.59. The first-order valence-electron chi connectivity index (χ1n) is 10.1. The van der Waals surface area contributed by atoms with E-state index >= 15 is 0 Å². The molecule has 26 heavy (non-hydrogen) atoms. The molecule has 1 unspecified atom stereocenters. The van der Waals surface area contributed by atoms with Crippen LogP contribution in [-0.4, -0.2) is 68.2 Å². The lowest BCUT2D eigenvalue weighted by molar-refractivity contribution is 0.129. The minimum atomic E-state index is 0.306. The molecule has 0 saturated carbocycles. The molecular formula is C21H34N4O. The fourth-order valence-corrected chi connectivity index (χ4v) is 3.95. The number of likely N-dealkylation sites (tertiary alicyclic amines) is 2. The molecule has 144 valence electrons. The number of nitrogens with one attached hydrogen (secondary N) is 1. The minimum absolute atomic E-state index is 0.306. The van der Waals surface area contributed by atoms with Crippen molar-refractivity contribution in [1.82, 2.24) is 15.1 Å². The topological polar surface area (TPSA) is 40.1 Å². The van der Waals surface area contributed by atoms with E-state index in [9.17, 15) is 0 Å². The minimum Gasteiger partial charge on any atom is -0.490 e. The number of hydrogen-bond donors (Lipinski definition) is 1. The molecule has 5 heteroatoms. The van der Waals surface area contributed by atoms with E-state index in [4.69, 9.17) is 4.74 Å². The Kier molecular flexibility index (Phi) is 7.18. The van der Waals surface area contributed by atoms with Gasteiger partial charge in [-0.05, 0) is 44.0 Å². The third kappa shape index (κ3) is 5.63. The van der Waals surface area contributed by atoms with Crippen LogP contribution in [0.15, 0.2) is 35.3 Å². The van der Waals surface area contributed by atoms with Crippen LogP contribution in [-0.2, 0) is 0 Å². The van der Waals surface area contributed by atoms with Crippen molar-refractivity contribution >= 4 is 5.96 Å². The molecule has 2 fully saturated rings. The predicted molar refractivity (Wildman–Crippen MR) is 108 cm³/mol. The number of piperidine rings is 1. The standard InChI is InChI=1S/C21H34N4O/c1-18(17-24-12-6-7-13-24)16-23-21(22-2)25-14-10-20(11-15-25)26-19-8-4-3-5-9-19/h3-5,8-9,18,20H,6-7,10-17H2,1-2H3,(H,22,23). The highest BCUT2D eigenvalue weighted by Gasteiger charge is 2.23. The molecule has 3 rings (SSSR count). The second kappa shape index (κ2) is 9.81. The molecule has 2 aliphatic rings. The highest BCUT2D eigenvalue weighted by Crippen LogP contribution is 2.18. The zero-order valence-corrected chi connectivity index (χ0v) is 16.4. The molecule has 0 radical (unpaired) electrons. The Hall–Kier alpha value is -1.75. The molecule has 0 aliphatic carbocycles. The fourth-order valence-electron chi connectivity index (χ4n) is 3.95. The lowest BCUT2D eigenvalue weighted by Gasteiger charge is -2.34. The Balaban J connectivity index is 1.39. The maximum absolute atomic E-state index is 6.10. The third-order valence-corrected chi connectivity index (χ3v) is 5.38. The van der Waals surface area contributed by atoms with Crippen LogP contribution < -0.4 is 10.1 Å². The zero-order valence-electron chi connectivity index (χ0n) is 16.4. The van der Waals surface area contributed by atoms with Crippen LogP contribution >= 0.6 is 0 Å². The quantitative estimate of drug-likeness (QED) is 0.627. The molecule has 0 spiro atoms. The van der Waals surface area contributed by atoms with Gasteiger partial charge in [0.15, 0.2) is 5.96 Å². The molecule has 0 aromatic heterocycles. The first kappa shape index (κ1) is 19.0. The highest BCUT2D eigenvalue weighted by molar-refractivity contribution is 5.79. The van der Waals surface area contributed by atoms with Crippen molar-refractivity contribution in [2.75, 3.05) is 46.3 Å². The highest BCUT2D eigenvalue weighted by atomic mass is 16.5. The molecule has 1 aromatic rings. The van der Waals surface area contributed by atoms with Crippen molar-refractivity contribution in [3.63, 3.8) is 0 Å². The smallest absolute Gasteiger partial charge is 0.193 e. The summed E-state index contributed by atoms with van der Waals surface area (Å²) in [6.07, 6.45) is 5.11. The van der Waals surface area contributed by atoms with Gasteiger partial charge in [0.1, 0.15) is 11.9 Å². The summed E-state index contributed by atoms with van der Waals surface area (Å²) >= 11 is 0. The van der Waals surface area contributed by atoms with Gasteiger partial charge in [-0.25, -0.2) is 0 Å². The first-order valence-corrected chi connectivity index (χ1v) is 10.1.